The maximum Gasteiger partial charge on any atom is 0.306 e. The summed E-state index contributed by atoms with van der Waals surface area (Å²) in [6.45, 7) is 1.54. The Kier molecular flexibility index (Phi) is 8.95. The lowest BCUT2D eigenvalue weighted by molar-refractivity contribution is -0.147. The van der Waals surface area contributed by atoms with E-state index >= 15 is 0 Å². The Morgan fingerprint density at radius 2 is 1.69 bits per heavy atom. The number of carbonyl (C=O) groups excluding carboxylic acids is 3. The molecule has 0 bridgehead atoms. The number of rotatable bonds is 8. The predicted molar refractivity (Wildman–Crippen MR) is 117 cm³/mol. The molecule has 0 atom stereocenters. The predicted octanol–water partition coefficient (Wildman–Crippen LogP) is 5.22. The van der Waals surface area contributed by atoms with E-state index in [0.29, 0.717) is 21.4 Å². The molecule has 0 aliphatic carbocycles. The molecule has 0 saturated heterocycles. The number of carbonyl (C=O) groups is 3. The van der Waals surface area contributed by atoms with Crippen LogP contribution in [0.2, 0.25) is 10.0 Å². The van der Waals surface area contributed by atoms with Crippen molar-refractivity contribution in [1.29, 1.82) is 0 Å². The van der Waals surface area contributed by atoms with Crippen molar-refractivity contribution < 1.29 is 19.1 Å². The molecule has 0 spiro atoms. The third kappa shape index (κ3) is 7.68. The molecular formula is C20H19BrCl2N2O4. The largest absolute Gasteiger partial charge is 0.456 e. The quantitative estimate of drug-likeness (QED) is 0.485. The van der Waals surface area contributed by atoms with E-state index in [2.05, 4.69) is 26.6 Å². The summed E-state index contributed by atoms with van der Waals surface area (Å²) in [5.41, 5.74) is 1.98. The second kappa shape index (κ2) is 11.2. The van der Waals surface area contributed by atoms with Gasteiger partial charge in [0.1, 0.15) is 0 Å². The number of aryl methyl sites for hydroxylation is 1. The van der Waals surface area contributed by atoms with Gasteiger partial charge in [-0.3, -0.25) is 14.4 Å². The van der Waals surface area contributed by atoms with Crippen LogP contribution in [0.5, 0.6) is 0 Å². The first-order valence-electron chi connectivity index (χ1n) is 8.77. The molecular weight excluding hydrogens is 483 g/mol. The van der Waals surface area contributed by atoms with E-state index in [9.17, 15) is 14.4 Å². The van der Waals surface area contributed by atoms with Gasteiger partial charge in [0, 0.05) is 21.6 Å². The highest BCUT2D eigenvalue weighted by Gasteiger charge is 2.13. The number of hydrogen-bond acceptors (Lipinski definition) is 4. The Morgan fingerprint density at radius 1 is 0.966 bits per heavy atom. The molecule has 9 heteroatoms. The standard InChI is InChI=1S/C20H19BrCl2N2O4/c1-2-12-9-13(21)3-6-16(12)24-19(27)11-29-20(28)8-7-18(26)25-17-10-14(22)4-5-15(17)23/h3-6,9-10H,2,7-8,11H2,1H3,(H,24,27)(H,25,26). The molecule has 2 N–H and O–H groups in total. The number of anilines is 2. The topological polar surface area (TPSA) is 84.5 Å². The van der Waals surface area contributed by atoms with Gasteiger partial charge >= 0.3 is 5.97 Å². The maximum atomic E-state index is 12.0. The van der Waals surface area contributed by atoms with Gasteiger partial charge in [-0.25, -0.2) is 0 Å². The highest BCUT2D eigenvalue weighted by Crippen LogP contribution is 2.25. The first-order chi connectivity index (χ1) is 13.8. The van der Waals surface area contributed by atoms with Gasteiger partial charge in [-0.1, -0.05) is 46.1 Å². The summed E-state index contributed by atoms with van der Waals surface area (Å²) in [5, 5.41) is 6.04. The number of hydrogen-bond donors (Lipinski definition) is 2. The van der Waals surface area contributed by atoms with Gasteiger partial charge in [-0.05, 0) is 48.4 Å². The molecule has 0 aromatic heterocycles. The van der Waals surface area contributed by atoms with Crippen molar-refractivity contribution >= 4 is 68.3 Å². The Bertz CT molecular complexity index is 921. The molecule has 0 unspecified atom stereocenters. The normalized spacial score (nSPS) is 10.3. The molecule has 0 saturated carbocycles. The number of benzene rings is 2. The Labute approximate surface area is 187 Å². The number of halogens is 3. The van der Waals surface area contributed by atoms with Gasteiger partial charge in [0.05, 0.1) is 17.1 Å². The van der Waals surface area contributed by atoms with Crippen LogP contribution < -0.4 is 10.6 Å². The summed E-state index contributed by atoms with van der Waals surface area (Å²) in [6, 6.07) is 10.2. The van der Waals surface area contributed by atoms with Gasteiger partial charge in [-0.2, -0.15) is 0 Å². The third-order valence-electron chi connectivity index (χ3n) is 3.85. The van der Waals surface area contributed by atoms with Gasteiger partial charge in [0.15, 0.2) is 6.61 Å². The van der Waals surface area contributed by atoms with Crippen LogP contribution in [0, 0.1) is 0 Å². The number of ether oxygens (including phenoxy) is 1. The molecule has 0 aliphatic heterocycles. The summed E-state index contributed by atoms with van der Waals surface area (Å²) < 4.78 is 5.84. The summed E-state index contributed by atoms with van der Waals surface area (Å²) in [6.07, 6.45) is 0.451. The first-order valence-corrected chi connectivity index (χ1v) is 10.3. The molecule has 2 rings (SSSR count). The second-order valence-corrected chi connectivity index (χ2v) is 7.80. The zero-order valence-electron chi connectivity index (χ0n) is 15.6. The second-order valence-electron chi connectivity index (χ2n) is 6.04. The lowest BCUT2D eigenvalue weighted by Gasteiger charge is -2.11. The van der Waals surface area contributed by atoms with Crippen molar-refractivity contribution in [3.63, 3.8) is 0 Å². The lowest BCUT2D eigenvalue weighted by Crippen LogP contribution is -2.22. The van der Waals surface area contributed by atoms with Crippen molar-refractivity contribution in [3.05, 3.63) is 56.5 Å². The molecule has 0 aliphatic rings. The van der Waals surface area contributed by atoms with Crippen LogP contribution in [0.25, 0.3) is 0 Å². The van der Waals surface area contributed by atoms with Crippen molar-refractivity contribution in [2.45, 2.75) is 26.2 Å². The van der Waals surface area contributed by atoms with Crippen molar-refractivity contribution in [3.8, 4) is 0 Å². The molecule has 2 aromatic rings. The van der Waals surface area contributed by atoms with Gasteiger partial charge in [0.25, 0.3) is 5.91 Å². The number of nitrogens with one attached hydrogen (secondary N) is 2. The number of amides is 2. The molecule has 154 valence electrons. The minimum Gasteiger partial charge on any atom is -0.456 e. The molecule has 6 nitrogen and oxygen atoms in total. The van der Waals surface area contributed by atoms with E-state index in [4.69, 9.17) is 27.9 Å². The van der Waals surface area contributed by atoms with Crippen LogP contribution >= 0.6 is 39.1 Å². The van der Waals surface area contributed by atoms with Crippen molar-refractivity contribution in [2.75, 3.05) is 17.2 Å². The summed E-state index contributed by atoms with van der Waals surface area (Å²) in [4.78, 5) is 35.8. The Morgan fingerprint density at radius 3 is 2.41 bits per heavy atom. The average molecular weight is 502 g/mol. The van der Waals surface area contributed by atoms with Gasteiger partial charge in [0.2, 0.25) is 5.91 Å². The fourth-order valence-electron chi connectivity index (χ4n) is 2.40. The highest BCUT2D eigenvalue weighted by molar-refractivity contribution is 9.10. The summed E-state index contributed by atoms with van der Waals surface area (Å²) >= 11 is 15.2. The zero-order valence-corrected chi connectivity index (χ0v) is 18.7. The van der Waals surface area contributed by atoms with E-state index in [0.717, 1.165) is 16.5 Å². The minimum atomic E-state index is -0.654. The molecule has 2 aromatic carbocycles. The molecule has 0 fully saturated rings. The van der Waals surface area contributed by atoms with Crippen LogP contribution in [0.4, 0.5) is 11.4 Å². The SMILES string of the molecule is CCc1cc(Br)ccc1NC(=O)COC(=O)CCC(=O)Nc1cc(Cl)ccc1Cl. The minimum absolute atomic E-state index is 0.115. The Hall–Kier alpha value is -2.09. The van der Waals surface area contributed by atoms with Crippen LogP contribution in [0.15, 0.2) is 40.9 Å². The molecule has 2 amide bonds. The maximum absolute atomic E-state index is 12.0. The van der Waals surface area contributed by atoms with Crippen molar-refractivity contribution in [2.24, 2.45) is 0 Å². The lowest BCUT2D eigenvalue weighted by atomic mass is 10.1. The summed E-state index contributed by atoms with van der Waals surface area (Å²) in [7, 11) is 0. The van der Waals surface area contributed by atoms with E-state index in [1.807, 2.05) is 19.1 Å². The van der Waals surface area contributed by atoms with Crippen molar-refractivity contribution in [1.82, 2.24) is 0 Å². The fraction of sp³-hybridized carbons (Fsp3) is 0.250. The third-order valence-corrected chi connectivity index (χ3v) is 4.90. The zero-order chi connectivity index (χ0) is 21.4. The van der Waals surface area contributed by atoms with Crippen LogP contribution in [-0.2, 0) is 25.5 Å². The van der Waals surface area contributed by atoms with Crippen LogP contribution in [0.1, 0.15) is 25.3 Å². The fourth-order valence-corrected chi connectivity index (χ4v) is 3.15. The molecule has 0 radical (unpaired) electrons. The number of esters is 1. The van der Waals surface area contributed by atoms with Gasteiger partial charge < -0.3 is 15.4 Å². The van der Waals surface area contributed by atoms with E-state index in [1.54, 1.807) is 18.2 Å². The van der Waals surface area contributed by atoms with E-state index in [1.165, 1.54) is 6.07 Å². The smallest absolute Gasteiger partial charge is 0.306 e. The summed E-state index contributed by atoms with van der Waals surface area (Å²) in [5.74, 6) is -1.53. The monoisotopic (exact) mass is 500 g/mol. The first kappa shape index (κ1) is 23.2. The highest BCUT2D eigenvalue weighted by atomic mass is 79.9. The van der Waals surface area contributed by atoms with Crippen LogP contribution in [-0.4, -0.2) is 24.4 Å². The Balaban J connectivity index is 1.76. The molecule has 0 heterocycles. The van der Waals surface area contributed by atoms with E-state index in [-0.39, 0.29) is 12.8 Å². The van der Waals surface area contributed by atoms with Gasteiger partial charge in [-0.15, -0.1) is 0 Å². The molecule has 29 heavy (non-hydrogen) atoms. The van der Waals surface area contributed by atoms with Crippen LogP contribution in [0.3, 0.4) is 0 Å². The van der Waals surface area contributed by atoms with E-state index < -0.39 is 24.4 Å². The average Bonchev–Trinajstić information content (AvgIpc) is 2.69.